The summed E-state index contributed by atoms with van der Waals surface area (Å²) >= 11 is 0. The van der Waals surface area contributed by atoms with E-state index in [1.165, 1.54) is 5.56 Å². The summed E-state index contributed by atoms with van der Waals surface area (Å²) in [5.41, 5.74) is 6.66. The highest BCUT2D eigenvalue weighted by Gasteiger charge is 2.33. The first-order chi connectivity index (χ1) is 15.4. The molecule has 3 heterocycles. The standard InChI is InChI=1S/C26H27N5O/c1-16-12-30(13-16)24-9-8-21(10-23(24)25-17(2)28-18(3)29-25)26(32)31-14-22(15-31)20-6-4-19(11-27)5-7-20/h4-10,16,22H,12-15H2,1-3H3,(H,28,29). The fraction of sp³-hybridized carbons (Fsp3) is 0.346. The summed E-state index contributed by atoms with van der Waals surface area (Å²) in [6, 6.07) is 15.9. The molecule has 3 aromatic rings. The first-order valence-corrected chi connectivity index (χ1v) is 11.1. The number of likely N-dealkylation sites (tertiary alicyclic amines) is 1. The van der Waals surface area contributed by atoms with Crippen LogP contribution in [0.2, 0.25) is 0 Å². The summed E-state index contributed by atoms with van der Waals surface area (Å²) in [6.07, 6.45) is 0. The third kappa shape index (κ3) is 3.54. The fourth-order valence-electron chi connectivity index (χ4n) is 4.77. The Morgan fingerprint density at radius 2 is 1.81 bits per heavy atom. The van der Waals surface area contributed by atoms with Gasteiger partial charge in [0.15, 0.2) is 0 Å². The average Bonchev–Trinajstić information content (AvgIpc) is 3.08. The number of hydrogen-bond acceptors (Lipinski definition) is 4. The van der Waals surface area contributed by atoms with Crippen LogP contribution in [0, 0.1) is 31.1 Å². The Hall–Kier alpha value is -3.59. The Morgan fingerprint density at radius 1 is 1.09 bits per heavy atom. The van der Waals surface area contributed by atoms with Gasteiger partial charge in [0.2, 0.25) is 0 Å². The second-order valence-corrected chi connectivity index (χ2v) is 9.18. The summed E-state index contributed by atoms with van der Waals surface area (Å²) in [7, 11) is 0. The fourth-order valence-corrected chi connectivity index (χ4v) is 4.77. The van der Waals surface area contributed by atoms with Crippen LogP contribution in [-0.4, -0.2) is 47.0 Å². The Balaban J connectivity index is 1.38. The zero-order valence-corrected chi connectivity index (χ0v) is 18.7. The molecule has 5 rings (SSSR count). The minimum absolute atomic E-state index is 0.0598. The van der Waals surface area contributed by atoms with E-state index in [-0.39, 0.29) is 5.91 Å². The lowest BCUT2D eigenvalue weighted by Crippen LogP contribution is -2.48. The maximum Gasteiger partial charge on any atom is 0.253 e. The minimum atomic E-state index is 0.0598. The Labute approximate surface area is 188 Å². The van der Waals surface area contributed by atoms with Gasteiger partial charge in [0.05, 0.1) is 17.3 Å². The number of H-pyrrole nitrogens is 1. The normalized spacial score (nSPS) is 16.4. The zero-order chi connectivity index (χ0) is 22.4. The number of benzene rings is 2. The number of anilines is 1. The average molecular weight is 426 g/mol. The van der Waals surface area contributed by atoms with Gasteiger partial charge in [0.25, 0.3) is 5.91 Å². The van der Waals surface area contributed by atoms with Crippen molar-refractivity contribution >= 4 is 11.6 Å². The molecule has 0 saturated carbocycles. The molecule has 0 radical (unpaired) electrons. The van der Waals surface area contributed by atoms with Crippen molar-refractivity contribution < 1.29 is 4.79 Å². The quantitative estimate of drug-likeness (QED) is 0.678. The molecular formula is C26H27N5O. The number of carbonyl (C=O) groups excluding carboxylic acids is 1. The third-order valence-corrected chi connectivity index (χ3v) is 6.59. The van der Waals surface area contributed by atoms with E-state index in [0.717, 1.165) is 41.6 Å². The van der Waals surface area contributed by atoms with Gasteiger partial charge in [-0.2, -0.15) is 5.26 Å². The molecule has 6 heteroatoms. The molecule has 0 atom stereocenters. The smallest absolute Gasteiger partial charge is 0.253 e. The van der Waals surface area contributed by atoms with Gasteiger partial charge in [-0.15, -0.1) is 0 Å². The SMILES string of the molecule is Cc1nc(-c2cc(C(=O)N3CC(c4ccc(C#N)cc4)C3)ccc2N2CC(C)C2)c(C)[nH]1. The van der Waals surface area contributed by atoms with Crippen LogP contribution in [0.15, 0.2) is 42.5 Å². The van der Waals surface area contributed by atoms with E-state index < -0.39 is 0 Å². The van der Waals surface area contributed by atoms with Crippen molar-refractivity contribution in [2.45, 2.75) is 26.7 Å². The predicted molar refractivity (Wildman–Crippen MR) is 125 cm³/mol. The Morgan fingerprint density at radius 3 is 2.41 bits per heavy atom. The number of nitrogens with one attached hydrogen (secondary N) is 1. The second kappa shape index (κ2) is 7.83. The highest BCUT2D eigenvalue weighted by Crippen LogP contribution is 2.37. The van der Waals surface area contributed by atoms with E-state index in [1.807, 2.05) is 55.1 Å². The van der Waals surface area contributed by atoms with Crippen LogP contribution in [-0.2, 0) is 0 Å². The molecular weight excluding hydrogens is 398 g/mol. The van der Waals surface area contributed by atoms with E-state index in [2.05, 4.69) is 28.9 Å². The largest absolute Gasteiger partial charge is 0.370 e. The lowest BCUT2D eigenvalue weighted by molar-refractivity contribution is 0.0602. The van der Waals surface area contributed by atoms with E-state index in [0.29, 0.717) is 36.1 Å². The maximum atomic E-state index is 13.2. The minimum Gasteiger partial charge on any atom is -0.370 e. The summed E-state index contributed by atoms with van der Waals surface area (Å²) in [6.45, 7) is 9.71. The van der Waals surface area contributed by atoms with Crippen LogP contribution in [0.3, 0.4) is 0 Å². The molecule has 1 aromatic heterocycles. The number of hydrogen-bond donors (Lipinski definition) is 1. The van der Waals surface area contributed by atoms with Crippen LogP contribution in [0.1, 0.15) is 45.8 Å². The number of aromatic nitrogens is 2. The maximum absolute atomic E-state index is 13.2. The molecule has 1 amide bonds. The monoisotopic (exact) mass is 425 g/mol. The molecule has 1 N–H and O–H groups in total. The molecule has 0 unspecified atom stereocenters. The molecule has 2 aliphatic heterocycles. The number of aromatic amines is 1. The topological polar surface area (TPSA) is 76.0 Å². The molecule has 0 aliphatic carbocycles. The van der Waals surface area contributed by atoms with Crippen molar-refractivity contribution in [3.63, 3.8) is 0 Å². The van der Waals surface area contributed by atoms with Gasteiger partial charge in [0.1, 0.15) is 5.82 Å². The Kier molecular flexibility index (Phi) is 4.97. The molecule has 2 aliphatic rings. The van der Waals surface area contributed by atoms with Crippen LogP contribution in [0.25, 0.3) is 11.3 Å². The molecule has 2 saturated heterocycles. The van der Waals surface area contributed by atoms with Crippen LogP contribution in [0.5, 0.6) is 0 Å². The van der Waals surface area contributed by atoms with E-state index in [9.17, 15) is 4.79 Å². The van der Waals surface area contributed by atoms with Gasteiger partial charge in [-0.25, -0.2) is 4.98 Å². The van der Waals surface area contributed by atoms with Gasteiger partial charge in [-0.05, 0) is 55.7 Å². The van der Waals surface area contributed by atoms with Gasteiger partial charge in [-0.1, -0.05) is 19.1 Å². The van der Waals surface area contributed by atoms with Crippen molar-refractivity contribution in [3.8, 4) is 17.3 Å². The van der Waals surface area contributed by atoms with Crippen molar-refractivity contribution in [1.82, 2.24) is 14.9 Å². The lowest BCUT2D eigenvalue weighted by Gasteiger charge is -2.41. The number of rotatable bonds is 4. The summed E-state index contributed by atoms with van der Waals surface area (Å²) in [5.74, 6) is 1.95. The highest BCUT2D eigenvalue weighted by atomic mass is 16.2. The van der Waals surface area contributed by atoms with Crippen molar-refractivity contribution in [2.75, 3.05) is 31.1 Å². The molecule has 0 spiro atoms. The molecule has 6 nitrogen and oxygen atoms in total. The zero-order valence-electron chi connectivity index (χ0n) is 18.7. The van der Waals surface area contributed by atoms with E-state index in [4.69, 9.17) is 10.2 Å². The molecule has 0 bridgehead atoms. The number of carbonyl (C=O) groups is 1. The summed E-state index contributed by atoms with van der Waals surface area (Å²) < 4.78 is 0. The van der Waals surface area contributed by atoms with Crippen LogP contribution >= 0.6 is 0 Å². The van der Waals surface area contributed by atoms with Crippen molar-refractivity contribution in [2.24, 2.45) is 5.92 Å². The molecule has 162 valence electrons. The Bertz CT molecular complexity index is 1210. The third-order valence-electron chi connectivity index (χ3n) is 6.59. The lowest BCUT2D eigenvalue weighted by atomic mass is 9.90. The van der Waals surface area contributed by atoms with Crippen molar-refractivity contribution in [3.05, 3.63) is 70.7 Å². The second-order valence-electron chi connectivity index (χ2n) is 9.18. The highest BCUT2D eigenvalue weighted by molar-refractivity contribution is 5.97. The summed E-state index contributed by atoms with van der Waals surface area (Å²) in [5, 5.41) is 8.98. The number of imidazole rings is 1. The van der Waals surface area contributed by atoms with Gasteiger partial charge in [0, 0.05) is 54.6 Å². The molecule has 32 heavy (non-hydrogen) atoms. The first kappa shape index (κ1) is 20.3. The van der Waals surface area contributed by atoms with Crippen LogP contribution in [0.4, 0.5) is 5.69 Å². The molecule has 2 aromatic carbocycles. The first-order valence-electron chi connectivity index (χ1n) is 11.1. The number of aryl methyl sites for hydroxylation is 2. The number of amides is 1. The number of nitriles is 1. The predicted octanol–water partition coefficient (Wildman–Crippen LogP) is 4.26. The van der Waals surface area contributed by atoms with Gasteiger partial charge < -0.3 is 14.8 Å². The molecule has 2 fully saturated rings. The summed E-state index contributed by atoms with van der Waals surface area (Å²) in [4.78, 5) is 25.5. The van der Waals surface area contributed by atoms with E-state index >= 15 is 0 Å². The van der Waals surface area contributed by atoms with Gasteiger partial charge in [-0.3, -0.25) is 4.79 Å². The van der Waals surface area contributed by atoms with E-state index in [1.54, 1.807) is 0 Å². The van der Waals surface area contributed by atoms with Crippen molar-refractivity contribution in [1.29, 1.82) is 5.26 Å². The van der Waals surface area contributed by atoms with Crippen LogP contribution < -0.4 is 4.90 Å². The van der Waals surface area contributed by atoms with Gasteiger partial charge >= 0.3 is 0 Å². The number of nitrogens with zero attached hydrogens (tertiary/aromatic N) is 4.